The number of hydrogen-bond acceptors (Lipinski definition) is 4. The third kappa shape index (κ3) is 6.59. The van der Waals surface area contributed by atoms with E-state index in [1.165, 1.54) is 4.88 Å². The lowest BCUT2D eigenvalue weighted by molar-refractivity contribution is -0.123. The predicted molar refractivity (Wildman–Crippen MR) is 90.6 cm³/mol. The predicted octanol–water partition coefficient (Wildman–Crippen LogP) is 2.24. The second kappa shape index (κ2) is 7.92. The summed E-state index contributed by atoms with van der Waals surface area (Å²) in [4.78, 5) is 15.7. The summed E-state index contributed by atoms with van der Waals surface area (Å²) in [6.45, 7) is 8.65. The summed E-state index contributed by atoms with van der Waals surface area (Å²) >= 11 is 1.77. The Morgan fingerprint density at radius 3 is 2.62 bits per heavy atom. The van der Waals surface area contributed by atoms with Gasteiger partial charge in [0, 0.05) is 35.5 Å². The van der Waals surface area contributed by atoms with Crippen molar-refractivity contribution in [3.05, 3.63) is 22.4 Å². The zero-order valence-electron chi connectivity index (χ0n) is 13.8. The van der Waals surface area contributed by atoms with Gasteiger partial charge in [-0.05, 0) is 52.6 Å². The van der Waals surface area contributed by atoms with Crippen LogP contribution in [0.2, 0.25) is 0 Å². The number of likely N-dealkylation sites (N-methyl/N-ethyl adjacent to an activating group) is 1. The highest BCUT2D eigenvalue weighted by Gasteiger charge is 2.23. The molecule has 5 heteroatoms. The normalized spacial score (nSPS) is 15.0. The summed E-state index contributed by atoms with van der Waals surface area (Å²) in [5.41, 5.74) is 5.68. The molecule has 0 spiro atoms. The number of nitrogens with zero attached hydrogens (tertiary/aromatic N) is 1. The fourth-order valence-electron chi connectivity index (χ4n) is 2.30. The Kier molecular flexibility index (Phi) is 6.84. The molecule has 0 fully saturated rings. The second-order valence-electron chi connectivity index (χ2n) is 6.69. The van der Waals surface area contributed by atoms with E-state index in [0.717, 1.165) is 6.42 Å². The second-order valence-corrected chi connectivity index (χ2v) is 7.72. The number of thiophene rings is 1. The lowest BCUT2D eigenvalue weighted by Crippen LogP contribution is -2.49. The van der Waals surface area contributed by atoms with E-state index in [0.29, 0.717) is 19.0 Å². The first-order valence-corrected chi connectivity index (χ1v) is 8.36. The van der Waals surface area contributed by atoms with Crippen molar-refractivity contribution in [3.8, 4) is 0 Å². The van der Waals surface area contributed by atoms with Crippen molar-refractivity contribution >= 4 is 17.2 Å². The molecule has 1 amide bonds. The van der Waals surface area contributed by atoms with Gasteiger partial charge in [-0.2, -0.15) is 0 Å². The van der Waals surface area contributed by atoms with E-state index >= 15 is 0 Å². The number of amides is 1. The molecule has 1 aromatic heterocycles. The fourth-order valence-corrected chi connectivity index (χ4v) is 3.13. The molecule has 2 atom stereocenters. The summed E-state index contributed by atoms with van der Waals surface area (Å²) in [5, 5.41) is 5.10. The minimum Gasteiger partial charge on any atom is -0.351 e. The lowest BCUT2D eigenvalue weighted by atomic mass is 10.1. The van der Waals surface area contributed by atoms with Crippen molar-refractivity contribution in [1.29, 1.82) is 0 Å². The molecule has 4 nitrogen and oxygen atoms in total. The summed E-state index contributed by atoms with van der Waals surface area (Å²) in [6, 6.07) is 4.66. The van der Waals surface area contributed by atoms with Crippen LogP contribution in [0.4, 0.5) is 0 Å². The van der Waals surface area contributed by atoms with Crippen molar-refractivity contribution < 1.29 is 4.79 Å². The molecular weight excluding hydrogens is 282 g/mol. The van der Waals surface area contributed by atoms with Gasteiger partial charge in [0.25, 0.3) is 0 Å². The van der Waals surface area contributed by atoms with E-state index in [2.05, 4.69) is 41.7 Å². The molecule has 1 aromatic rings. The van der Waals surface area contributed by atoms with Gasteiger partial charge in [0.05, 0.1) is 0 Å². The fraction of sp³-hybridized carbons (Fsp3) is 0.688. The smallest absolute Gasteiger partial charge is 0.222 e. The van der Waals surface area contributed by atoms with Crippen LogP contribution in [-0.2, 0) is 11.2 Å². The van der Waals surface area contributed by atoms with E-state index in [1.54, 1.807) is 11.3 Å². The Morgan fingerprint density at radius 2 is 2.14 bits per heavy atom. The van der Waals surface area contributed by atoms with Gasteiger partial charge < -0.3 is 11.1 Å². The zero-order chi connectivity index (χ0) is 16.0. The highest BCUT2D eigenvalue weighted by molar-refractivity contribution is 7.09. The van der Waals surface area contributed by atoms with E-state index < -0.39 is 0 Å². The first-order valence-electron chi connectivity index (χ1n) is 7.48. The van der Waals surface area contributed by atoms with Crippen LogP contribution >= 0.6 is 11.3 Å². The van der Waals surface area contributed by atoms with Crippen molar-refractivity contribution in [2.24, 2.45) is 5.73 Å². The molecule has 1 heterocycles. The Labute approximate surface area is 132 Å². The van der Waals surface area contributed by atoms with Crippen molar-refractivity contribution in [1.82, 2.24) is 10.2 Å². The highest BCUT2D eigenvalue weighted by Crippen LogP contribution is 2.16. The number of nitrogens with one attached hydrogen (secondary N) is 1. The van der Waals surface area contributed by atoms with Crippen LogP contribution in [0, 0.1) is 0 Å². The summed E-state index contributed by atoms with van der Waals surface area (Å²) < 4.78 is 0. The van der Waals surface area contributed by atoms with Gasteiger partial charge in [-0.1, -0.05) is 6.07 Å². The zero-order valence-corrected chi connectivity index (χ0v) is 14.7. The molecule has 0 aliphatic carbocycles. The molecule has 0 radical (unpaired) electrons. The summed E-state index contributed by atoms with van der Waals surface area (Å²) in [5.74, 6) is 0.0631. The standard InChI is InChI=1S/C16H29N3OS/c1-12(9-14-7-6-8-21-14)19(5)13(11-17)10-15(20)18-16(2,3)4/h6-8,12-13H,9-11,17H2,1-5H3,(H,18,20). The number of rotatable bonds is 7. The third-order valence-corrected chi connectivity index (χ3v) is 4.45. The van der Waals surface area contributed by atoms with Gasteiger partial charge in [-0.25, -0.2) is 0 Å². The van der Waals surface area contributed by atoms with E-state index in [1.807, 2.05) is 20.8 Å². The molecule has 0 bridgehead atoms. The minimum absolute atomic E-state index is 0.0631. The third-order valence-electron chi connectivity index (χ3n) is 3.56. The van der Waals surface area contributed by atoms with Gasteiger partial charge in [-0.3, -0.25) is 9.69 Å². The summed E-state index contributed by atoms with van der Waals surface area (Å²) in [6.07, 6.45) is 1.44. The number of hydrogen-bond donors (Lipinski definition) is 2. The van der Waals surface area contributed by atoms with Crippen LogP contribution in [0.3, 0.4) is 0 Å². The average molecular weight is 311 g/mol. The van der Waals surface area contributed by atoms with E-state index in [4.69, 9.17) is 5.73 Å². The molecule has 0 aliphatic heterocycles. The van der Waals surface area contributed by atoms with Crippen LogP contribution in [0.25, 0.3) is 0 Å². The van der Waals surface area contributed by atoms with Crippen molar-refractivity contribution in [3.63, 3.8) is 0 Å². The van der Waals surface area contributed by atoms with Gasteiger partial charge in [0.2, 0.25) is 5.91 Å². The first kappa shape index (κ1) is 18.1. The van der Waals surface area contributed by atoms with Gasteiger partial charge in [0.15, 0.2) is 0 Å². The first-order chi connectivity index (χ1) is 9.73. The van der Waals surface area contributed by atoms with Gasteiger partial charge in [-0.15, -0.1) is 11.3 Å². The van der Waals surface area contributed by atoms with E-state index in [-0.39, 0.29) is 17.5 Å². The maximum atomic E-state index is 12.1. The molecule has 3 N–H and O–H groups in total. The monoisotopic (exact) mass is 311 g/mol. The number of carbonyl (C=O) groups is 1. The SMILES string of the molecule is CC(Cc1cccs1)N(C)C(CN)CC(=O)NC(C)(C)C. The molecule has 21 heavy (non-hydrogen) atoms. The minimum atomic E-state index is -0.197. The highest BCUT2D eigenvalue weighted by atomic mass is 32.1. The Morgan fingerprint density at radius 1 is 1.48 bits per heavy atom. The van der Waals surface area contributed by atoms with Gasteiger partial charge in [0.1, 0.15) is 0 Å². The topological polar surface area (TPSA) is 58.4 Å². The van der Waals surface area contributed by atoms with Gasteiger partial charge >= 0.3 is 0 Å². The Balaban J connectivity index is 2.55. The van der Waals surface area contributed by atoms with Crippen molar-refractivity contribution in [2.75, 3.05) is 13.6 Å². The van der Waals surface area contributed by atoms with Crippen LogP contribution in [0.5, 0.6) is 0 Å². The van der Waals surface area contributed by atoms with E-state index in [9.17, 15) is 4.79 Å². The molecule has 0 saturated heterocycles. The Hall–Kier alpha value is -0.910. The maximum absolute atomic E-state index is 12.1. The van der Waals surface area contributed by atoms with Crippen molar-refractivity contribution in [2.45, 2.75) is 58.2 Å². The lowest BCUT2D eigenvalue weighted by Gasteiger charge is -2.33. The molecule has 0 saturated carbocycles. The summed E-state index contributed by atoms with van der Waals surface area (Å²) in [7, 11) is 2.06. The Bertz CT molecular complexity index is 425. The molecular formula is C16H29N3OS. The molecule has 0 aliphatic rings. The molecule has 0 aromatic carbocycles. The quantitative estimate of drug-likeness (QED) is 0.812. The number of nitrogens with two attached hydrogens (primary N) is 1. The van der Waals surface area contributed by atoms with Crippen LogP contribution in [0.1, 0.15) is 39.0 Å². The molecule has 1 rings (SSSR count). The van der Waals surface area contributed by atoms with Crippen LogP contribution in [0.15, 0.2) is 17.5 Å². The maximum Gasteiger partial charge on any atom is 0.222 e. The molecule has 120 valence electrons. The average Bonchev–Trinajstić information content (AvgIpc) is 2.85. The molecule has 2 unspecified atom stereocenters. The number of carbonyl (C=O) groups excluding carboxylic acids is 1. The van der Waals surface area contributed by atoms with Crippen LogP contribution < -0.4 is 11.1 Å². The van der Waals surface area contributed by atoms with Crippen LogP contribution in [-0.4, -0.2) is 42.0 Å². The largest absolute Gasteiger partial charge is 0.351 e.